The third-order valence-corrected chi connectivity index (χ3v) is 7.50. The SMILES string of the molecule is O=c1[nH]c2ccccc2n1C1CCN(CCCC(c2cccc(OC(F)(F)F)c2)c2cccc(OC(F)(F)F)c2)CC1. The van der Waals surface area contributed by atoms with Crippen molar-refractivity contribution in [1.82, 2.24) is 14.5 Å². The van der Waals surface area contributed by atoms with Crippen LogP contribution in [0.2, 0.25) is 0 Å². The molecule has 1 aliphatic heterocycles. The van der Waals surface area contributed by atoms with E-state index in [9.17, 15) is 31.1 Å². The number of halogens is 6. The van der Waals surface area contributed by atoms with Crippen LogP contribution >= 0.6 is 0 Å². The number of aromatic nitrogens is 2. The van der Waals surface area contributed by atoms with Crippen LogP contribution in [0.3, 0.4) is 0 Å². The van der Waals surface area contributed by atoms with E-state index in [4.69, 9.17) is 0 Å². The van der Waals surface area contributed by atoms with Crippen LogP contribution in [-0.2, 0) is 0 Å². The summed E-state index contributed by atoms with van der Waals surface area (Å²) < 4.78 is 87.2. The second kappa shape index (κ2) is 12.1. The van der Waals surface area contributed by atoms with Crippen LogP contribution < -0.4 is 15.2 Å². The molecule has 224 valence electrons. The van der Waals surface area contributed by atoms with Gasteiger partial charge in [0.05, 0.1) is 11.0 Å². The molecule has 0 saturated carbocycles. The molecule has 1 saturated heterocycles. The summed E-state index contributed by atoms with van der Waals surface area (Å²) in [7, 11) is 0. The van der Waals surface area contributed by atoms with Gasteiger partial charge >= 0.3 is 18.4 Å². The van der Waals surface area contributed by atoms with Gasteiger partial charge in [0.15, 0.2) is 0 Å². The van der Waals surface area contributed by atoms with Gasteiger partial charge in [-0.05, 0) is 79.8 Å². The third kappa shape index (κ3) is 7.47. The molecule has 5 rings (SSSR count). The number of nitrogens with one attached hydrogen (secondary N) is 1. The lowest BCUT2D eigenvalue weighted by Gasteiger charge is -2.33. The van der Waals surface area contributed by atoms with Gasteiger partial charge in [0.2, 0.25) is 0 Å². The highest BCUT2D eigenvalue weighted by atomic mass is 19.4. The predicted molar refractivity (Wildman–Crippen MR) is 145 cm³/mol. The molecule has 1 fully saturated rings. The van der Waals surface area contributed by atoms with Gasteiger partial charge in [-0.15, -0.1) is 26.3 Å². The summed E-state index contributed by atoms with van der Waals surface area (Å²) in [5.41, 5.74) is 2.50. The quantitative estimate of drug-likeness (QED) is 0.206. The van der Waals surface area contributed by atoms with Crippen molar-refractivity contribution in [3.63, 3.8) is 0 Å². The summed E-state index contributed by atoms with van der Waals surface area (Å²) in [4.78, 5) is 17.7. The van der Waals surface area contributed by atoms with E-state index in [1.807, 2.05) is 28.8 Å². The van der Waals surface area contributed by atoms with E-state index in [0.29, 0.717) is 30.5 Å². The first-order valence-electron chi connectivity index (χ1n) is 13.6. The van der Waals surface area contributed by atoms with Crippen molar-refractivity contribution in [2.45, 2.75) is 50.4 Å². The Morgan fingerprint density at radius 3 is 1.95 bits per heavy atom. The molecule has 0 radical (unpaired) electrons. The van der Waals surface area contributed by atoms with Gasteiger partial charge in [0.1, 0.15) is 11.5 Å². The van der Waals surface area contributed by atoms with Crippen LogP contribution in [0.25, 0.3) is 11.0 Å². The molecule has 0 atom stereocenters. The number of alkyl halides is 6. The minimum absolute atomic E-state index is 0.0605. The number of para-hydroxylation sites is 2. The molecule has 0 spiro atoms. The smallest absolute Gasteiger partial charge is 0.406 e. The largest absolute Gasteiger partial charge is 0.573 e. The minimum atomic E-state index is -4.88. The van der Waals surface area contributed by atoms with E-state index in [0.717, 1.165) is 37.0 Å². The molecular weight excluding hydrogens is 564 g/mol. The molecule has 0 amide bonds. The number of hydrogen-bond acceptors (Lipinski definition) is 4. The number of ether oxygens (including phenoxy) is 2. The van der Waals surface area contributed by atoms with Crippen LogP contribution in [0.4, 0.5) is 26.3 Å². The third-order valence-electron chi connectivity index (χ3n) is 7.50. The van der Waals surface area contributed by atoms with E-state index in [1.54, 1.807) is 12.1 Å². The highest BCUT2D eigenvalue weighted by molar-refractivity contribution is 5.75. The van der Waals surface area contributed by atoms with Crippen molar-refractivity contribution in [3.8, 4) is 11.5 Å². The maximum absolute atomic E-state index is 12.9. The van der Waals surface area contributed by atoms with E-state index < -0.39 is 30.1 Å². The Bertz CT molecular complexity index is 1490. The van der Waals surface area contributed by atoms with Crippen molar-refractivity contribution in [2.75, 3.05) is 19.6 Å². The van der Waals surface area contributed by atoms with Crippen molar-refractivity contribution < 1.29 is 35.8 Å². The molecular formula is C30H29F6N3O3. The van der Waals surface area contributed by atoms with E-state index in [-0.39, 0.29) is 11.7 Å². The Hall–Kier alpha value is -3.93. The Morgan fingerprint density at radius 2 is 1.38 bits per heavy atom. The molecule has 0 bridgehead atoms. The van der Waals surface area contributed by atoms with Gasteiger partial charge in [-0.25, -0.2) is 4.79 Å². The highest BCUT2D eigenvalue weighted by Gasteiger charge is 2.32. The Labute approximate surface area is 237 Å². The number of piperidine rings is 1. The molecule has 6 nitrogen and oxygen atoms in total. The molecule has 4 aromatic rings. The topological polar surface area (TPSA) is 59.5 Å². The maximum Gasteiger partial charge on any atom is 0.573 e. The fraction of sp³-hybridized carbons (Fsp3) is 0.367. The van der Waals surface area contributed by atoms with Crippen molar-refractivity contribution in [1.29, 1.82) is 0 Å². The van der Waals surface area contributed by atoms with Crippen LogP contribution in [0.1, 0.15) is 48.8 Å². The molecule has 0 unspecified atom stereocenters. The number of H-pyrrole nitrogens is 1. The molecule has 2 heterocycles. The zero-order valence-electron chi connectivity index (χ0n) is 22.4. The van der Waals surface area contributed by atoms with Crippen molar-refractivity contribution in [3.05, 3.63) is 94.4 Å². The molecule has 1 aromatic heterocycles. The number of aromatic amines is 1. The summed E-state index contributed by atoms with van der Waals surface area (Å²) in [6.07, 6.45) is -7.10. The predicted octanol–water partition coefficient (Wildman–Crippen LogP) is 7.38. The molecule has 3 aromatic carbocycles. The average molecular weight is 594 g/mol. The zero-order chi connectivity index (χ0) is 29.9. The number of fused-ring (bicyclic) bond motifs is 1. The Balaban J connectivity index is 1.27. The number of likely N-dealkylation sites (tertiary alicyclic amines) is 1. The van der Waals surface area contributed by atoms with Crippen molar-refractivity contribution >= 4 is 11.0 Å². The van der Waals surface area contributed by atoms with Crippen LogP contribution in [0.15, 0.2) is 77.6 Å². The molecule has 42 heavy (non-hydrogen) atoms. The highest BCUT2D eigenvalue weighted by Crippen LogP contribution is 2.35. The number of hydrogen-bond donors (Lipinski definition) is 1. The summed E-state index contributed by atoms with van der Waals surface area (Å²) in [5.74, 6) is -1.30. The van der Waals surface area contributed by atoms with Gasteiger partial charge in [-0.1, -0.05) is 36.4 Å². The molecule has 0 aliphatic carbocycles. The monoisotopic (exact) mass is 593 g/mol. The molecule has 1 N–H and O–H groups in total. The molecule has 1 aliphatic rings. The summed E-state index contributed by atoms with van der Waals surface area (Å²) >= 11 is 0. The normalized spacial score (nSPS) is 15.4. The van der Waals surface area contributed by atoms with Gasteiger partial charge in [0.25, 0.3) is 0 Å². The standard InChI is InChI=1S/C30H29F6N3O3/c31-29(32,33)41-23-8-3-6-20(18-23)25(21-7-4-9-24(19-21)42-30(34,35)36)10-5-15-38-16-13-22(14-17-38)39-27-12-2-1-11-26(27)37-28(39)40/h1-4,6-9,11-12,18-19,22,25H,5,10,13-17H2,(H,37,40). The lowest BCUT2D eigenvalue weighted by atomic mass is 9.87. The first-order valence-corrected chi connectivity index (χ1v) is 13.6. The second-order valence-electron chi connectivity index (χ2n) is 10.3. The first kappa shape index (κ1) is 29.6. The average Bonchev–Trinajstić information content (AvgIpc) is 3.25. The van der Waals surface area contributed by atoms with Gasteiger partial charge in [-0.2, -0.15) is 0 Å². The lowest BCUT2D eigenvalue weighted by molar-refractivity contribution is -0.275. The first-order chi connectivity index (χ1) is 19.9. The number of rotatable bonds is 9. The molecule has 12 heteroatoms. The summed E-state index contributed by atoms with van der Waals surface area (Å²) in [6, 6.07) is 18.6. The Morgan fingerprint density at radius 1 is 0.810 bits per heavy atom. The van der Waals surface area contributed by atoms with Gasteiger partial charge in [0, 0.05) is 25.0 Å². The number of benzene rings is 3. The fourth-order valence-corrected chi connectivity index (χ4v) is 5.74. The van der Waals surface area contributed by atoms with Crippen LogP contribution in [-0.4, -0.2) is 46.8 Å². The summed E-state index contributed by atoms with van der Waals surface area (Å²) in [6.45, 7) is 2.19. The number of imidazole rings is 1. The number of nitrogens with zero attached hydrogens (tertiary/aromatic N) is 2. The lowest BCUT2D eigenvalue weighted by Crippen LogP contribution is -2.37. The Kier molecular flexibility index (Phi) is 8.53. The van der Waals surface area contributed by atoms with E-state index in [2.05, 4.69) is 19.4 Å². The second-order valence-corrected chi connectivity index (χ2v) is 10.3. The van der Waals surface area contributed by atoms with Gasteiger partial charge < -0.3 is 19.4 Å². The van der Waals surface area contributed by atoms with Crippen molar-refractivity contribution in [2.24, 2.45) is 0 Å². The zero-order valence-corrected chi connectivity index (χ0v) is 22.4. The fourth-order valence-electron chi connectivity index (χ4n) is 5.74. The van der Waals surface area contributed by atoms with Crippen LogP contribution in [0.5, 0.6) is 11.5 Å². The minimum Gasteiger partial charge on any atom is -0.406 e. The van der Waals surface area contributed by atoms with E-state index >= 15 is 0 Å². The van der Waals surface area contributed by atoms with Crippen LogP contribution in [0, 0.1) is 0 Å². The summed E-state index contributed by atoms with van der Waals surface area (Å²) in [5, 5.41) is 0. The van der Waals surface area contributed by atoms with Gasteiger partial charge in [-0.3, -0.25) is 4.57 Å². The maximum atomic E-state index is 12.9. The van der Waals surface area contributed by atoms with E-state index in [1.165, 1.54) is 36.4 Å².